The lowest BCUT2D eigenvalue weighted by atomic mass is 10.2. The van der Waals surface area contributed by atoms with Crippen molar-refractivity contribution in [2.75, 3.05) is 5.01 Å². The maximum Gasteiger partial charge on any atom is 0.338 e. The number of para-hydroxylation sites is 1. The molecule has 3 amide bonds. The Morgan fingerprint density at radius 3 is 2.38 bits per heavy atom. The number of carbonyl (C=O) groups is 2. The maximum absolute atomic E-state index is 12.6. The molecule has 0 bridgehead atoms. The highest BCUT2D eigenvalue weighted by molar-refractivity contribution is 7.21. The second kappa shape index (κ2) is 6.68. The average Bonchev–Trinajstić information content (AvgIpc) is 2.91. The van der Waals surface area contributed by atoms with Gasteiger partial charge < -0.3 is 5.73 Å². The molecule has 1 heterocycles. The number of hydrogen-bond donors (Lipinski definition) is 2. The Balaban J connectivity index is 1.96. The number of benzene rings is 2. The predicted molar refractivity (Wildman–Crippen MR) is 97.8 cm³/mol. The summed E-state index contributed by atoms with van der Waals surface area (Å²) in [5.41, 5.74) is 8.27. The van der Waals surface area contributed by atoms with Crippen LogP contribution in [0.4, 0.5) is 10.5 Å². The molecule has 3 rings (SSSR count). The summed E-state index contributed by atoms with van der Waals surface area (Å²) in [7, 11) is 0. The molecule has 0 aliphatic heterocycles. The number of fused-ring (bicyclic) bond motifs is 1. The summed E-state index contributed by atoms with van der Waals surface area (Å²) in [6.07, 6.45) is 0. The Morgan fingerprint density at radius 1 is 1.04 bits per heavy atom. The molecular weight excluding hydrogens is 369 g/mol. The molecule has 0 aliphatic rings. The molecule has 2 aromatic carbocycles. The van der Waals surface area contributed by atoms with E-state index < -0.39 is 11.9 Å². The molecule has 0 unspecified atom stereocenters. The molecule has 1 aromatic heterocycles. The number of hydrazine groups is 1. The minimum Gasteiger partial charge on any atom is -0.350 e. The molecule has 8 heteroatoms. The van der Waals surface area contributed by atoms with Gasteiger partial charge in [0.05, 0.1) is 15.7 Å². The number of hydrogen-bond acceptors (Lipinski definition) is 3. The van der Waals surface area contributed by atoms with Crippen molar-refractivity contribution in [2.24, 2.45) is 5.73 Å². The first-order chi connectivity index (χ1) is 11.5. The quantitative estimate of drug-likeness (QED) is 0.645. The van der Waals surface area contributed by atoms with Gasteiger partial charge in [-0.1, -0.05) is 47.5 Å². The van der Waals surface area contributed by atoms with E-state index in [-0.39, 0.29) is 9.90 Å². The van der Waals surface area contributed by atoms with Crippen molar-refractivity contribution in [3.05, 3.63) is 63.5 Å². The van der Waals surface area contributed by atoms with E-state index in [4.69, 9.17) is 28.9 Å². The van der Waals surface area contributed by atoms with Gasteiger partial charge >= 0.3 is 6.03 Å². The summed E-state index contributed by atoms with van der Waals surface area (Å²) in [6.45, 7) is 0. The van der Waals surface area contributed by atoms with Gasteiger partial charge in [0.1, 0.15) is 4.88 Å². The monoisotopic (exact) mass is 379 g/mol. The Bertz CT molecular complexity index is 928. The molecule has 3 N–H and O–H groups in total. The van der Waals surface area contributed by atoms with Crippen LogP contribution in [0.15, 0.2) is 48.5 Å². The SMILES string of the molecule is NC(=O)N(NC(=O)c1sc2cccc(Cl)c2c1Cl)c1ccccc1. The lowest BCUT2D eigenvalue weighted by molar-refractivity contribution is 0.0955. The fraction of sp³-hybridized carbons (Fsp3) is 0. The first-order valence-corrected chi connectivity index (χ1v) is 8.38. The summed E-state index contributed by atoms with van der Waals surface area (Å²) in [4.78, 5) is 24.5. The van der Waals surface area contributed by atoms with Gasteiger partial charge in [0.2, 0.25) is 0 Å². The number of urea groups is 1. The van der Waals surface area contributed by atoms with Gasteiger partial charge in [-0.3, -0.25) is 10.2 Å². The average molecular weight is 380 g/mol. The zero-order valence-electron chi connectivity index (χ0n) is 12.1. The van der Waals surface area contributed by atoms with Crippen LogP contribution in [0.2, 0.25) is 10.0 Å². The molecule has 3 aromatic rings. The molecule has 0 aliphatic carbocycles. The highest BCUT2D eigenvalue weighted by Gasteiger charge is 2.22. The Labute approximate surface area is 151 Å². The molecule has 5 nitrogen and oxygen atoms in total. The molecule has 0 radical (unpaired) electrons. The number of halogens is 2. The van der Waals surface area contributed by atoms with Crippen LogP contribution in [0.25, 0.3) is 10.1 Å². The molecule has 24 heavy (non-hydrogen) atoms. The van der Waals surface area contributed by atoms with Crippen molar-refractivity contribution in [3.8, 4) is 0 Å². The molecule has 0 atom stereocenters. The van der Waals surface area contributed by atoms with Gasteiger partial charge in [0.25, 0.3) is 5.91 Å². The van der Waals surface area contributed by atoms with Crippen LogP contribution in [-0.2, 0) is 0 Å². The molecule has 0 fully saturated rings. The largest absolute Gasteiger partial charge is 0.350 e. The lowest BCUT2D eigenvalue weighted by Crippen LogP contribution is -2.49. The third-order valence-corrected chi connectivity index (χ3v) is 5.22. The van der Waals surface area contributed by atoms with Crippen LogP contribution in [-0.4, -0.2) is 11.9 Å². The summed E-state index contributed by atoms with van der Waals surface area (Å²) in [5, 5.41) is 2.28. The van der Waals surface area contributed by atoms with Gasteiger partial charge in [-0.2, -0.15) is 0 Å². The minimum atomic E-state index is -0.815. The Hall–Kier alpha value is -2.28. The van der Waals surface area contributed by atoms with Gasteiger partial charge in [-0.25, -0.2) is 9.80 Å². The van der Waals surface area contributed by atoms with E-state index in [2.05, 4.69) is 5.43 Å². The van der Waals surface area contributed by atoms with Crippen molar-refractivity contribution in [1.82, 2.24) is 5.43 Å². The van der Waals surface area contributed by atoms with Crippen LogP contribution >= 0.6 is 34.5 Å². The molecular formula is C16H11Cl2N3O2S. The lowest BCUT2D eigenvalue weighted by Gasteiger charge is -2.20. The van der Waals surface area contributed by atoms with E-state index in [9.17, 15) is 9.59 Å². The van der Waals surface area contributed by atoms with Gasteiger partial charge in [-0.15, -0.1) is 11.3 Å². The summed E-state index contributed by atoms with van der Waals surface area (Å²) >= 11 is 13.6. The van der Waals surface area contributed by atoms with E-state index in [1.165, 1.54) is 11.3 Å². The van der Waals surface area contributed by atoms with E-state index in [1.54, 1.807) is 42.5 Å². The molecule has 0 saturated carbocycles. The van der Waals surface area contributed by atoms with Crippen LogP contribution in [0.5, 0.6) is 0 Å². The van der Waals surface area contributed by atoms with E-state index in [0.29, 0.717) is 16.1 Å². The van der Waals surface area contributed by atoms with Gasteiger partial charge in [0, 0.05) is 10.1 Å². The van der Waals surface area contributed by atoms with Crippen LogP contribution in [0.3, 0.4) is 0 Å². The fourth-order valence-corrected chi connectivity index (χ4v) is 4.04. The first-order valence-electron chi connectivity index (χ1n) is 6.81. The number of nitrogens with one attached hydrogen (secondary N) is 1. The van der Waals surface area contributed by atoms with Crippen molar-refractivity contribution >= 4 is 62.3 Å². The number of carbonyl (C=O) groups excluding carboxylic acids is 2. The van der Waals surface area contributed by atoms with Crippen molar-refractivity contribution in [1.29, 1.82) is 0 Å². The second-order valence-electron chi connectivity index (χ2n) is 4.81. The van der Waals surface area contributed by atoms with Crippen LogP contribution in [0, 0.1) is 0 Å². The number of thiophene rings is 1. The number of amides is 3. The highest BCUT2D eigenvalue weighted by atomic mass is 35.5. The van der Waals surface area contributed by atoms with E-state index >= 15 is 0 Å². The number of primary amides is 1. The molecule has 0 spiro atoms. The third-order valence-electron chi connectivity index (χ3n) is 3.26. The topological polar surface area (TPSA) is 75.4 Å². The summed E-state index contributed by atoms with van der Waals surface area (Å²) in [6, 6.07) is 13.0. The highest BCUT2D eigenvalue weighted by Crippen LogP contribution is 2.39. The first kappa shape index (κ1) is 16.6. The van der Waals surface area contributed by atoms with Crippen molar-refractivity contribution in [3.63, 3.8) is 0 Å². The van der Waals surface area contributed by atoms with Crippen molar-refractivity contribution < 1.29 is 9.59 Å². The summed E-state index contributed by atoms with van der Waals surface area (Å²) < 4.78 is 0.781. The Kier molecular flexibility index (Phi) is 4.62. The summed E-state index contributed by atoms with van der Waals surface area (Å²) in [5.74, 6) is -0.542. The zero-order chi connectivity index (χ0) is 17.3. The number of nitrogens with two attached hydrogens (primary N) is 1. The van der Waals surface area contributed by atoms with E-state index in [1.807, 2.05) is 6.07 Å². The van der Waals surface area contributed by atoms with Gasteiger partial charge in [0.15, 0.2) is 0 Å². The molecule has 122 valence electrons. The second-order valence-corrected chi connectivity index (χ2v) is 6.65. The minimum absolute atomic E-state index is 0.246. The van der Waals surface area contributed by atoms with Crippen molar-refractivity contribution in [2.45, 2.75) is 0 Å². The Morgan fingerprint density at radius 2 is 1.75 bits per heavy atom. The number of rotatable bonds is 2. The normalized spacial score (nSPS) is 10.6. The number of anilines is 1. The molecule has 0 saturated heterocycles. The fourth-order valence-electron chi connectivity index (χ4n) is 2.19. The van der Waals surface area contributed by atoms with Gasteiger partial charge in [-0.05, 0) is 24.3 Å². The van der Waals surface area contributed by atoms with Crippen LogP contribution in [0.1, 0.15) is 9.67 Å². The zero-order valence-corrected chi connectivity index (χ0v) is 14.5. The third kappa shape index (κ3) is 3.03. The predicted octanol–water partition coefficient (Wildman–Crippen LogP) is 4.44. The maximum atomic E-state index is 12.6. The van der Waals surface area contributed by atoms with Crippen LogP contribution < -0.4 is 16.2 Å². The smallest absolute Gasteiger partial charge is 0.338 e. The van der Waals surface area contributed by atoms with E-state index in [0.717, 1.165) is 9.71 Å². The number of nitrogens with zero attached hydrogens (tertiary/aromatic N) is 1. The standard InChI is InChI=1S/C16H11Cl2N3O2S/c17-10-7-4-8-11-12(10)13(18)14(24-11)15(22)20-21(16(19)23)9-5-2-1-3-6-9/h1-8H,(H2,19,23)(H,20,22).